The van der Waals surface area contributed by atoms with E-state index in [9.17, 15) is 0 Å². The number of nitrogen functional groups attached to an aromatic ring is 1. The fourth-order valence-corrected chi connectivity index (χ4v) is 2.25. The van der Waals surface area contributed by atoms with E-state index in [1.54, 1.807) is 7.11 Å². The zero-order valence-electron chi connectivity index (χ0n) is 10.4. The molecule has 1 saturated heterocycles. The largest absolute Gasteiger partial charge is 0.377 e. The van der Waals surface area contributed by atoms with Crippen LogP contribution >= 0.6 is 0 Å². The first-order chi connectivity index (χ1) is 8.17. The molecule has 17 heavy (non-hydrogen) atoms. The second-order valence-corrected chi connectivity index (χ2v) is 4.70. The minimum atomic E-state index is -0.0773. The number of hydrogen-bond donors (Lipinski definition) is 2. The first kappa shape index (κ1) is 12.1. The second kappa shape index (κ2) is 4.89. The van der Waals surface area contributed by atoms with Crippen molar-refractivity contribution in [2.24, 2.45) is 5.84 Å². The first-order valence-electron chi connectivity index (χ1n) is 5.91. The number of nitrogens with zero attached hydrogens (tertiary/aromatic N) is 2. The average Bonchev–Trinajstić information content (AvgIpc) is 2.39. The summed E-state index contributed by atoms with van der Waals surface area (Å²) in [4.78, 5) is 6.69. The molecule has 0 bridgehead atoms. The van der Waals surface area contributed by atoms with Crippen LogP contribution in [0.5, 0.6) is 0 Å². The molecule has 2 rings (SSSR count). The van der Waals surface area contributed by atoms with Crippen molar-refractivity contribution < 1.29 is 4.74 Å². The maximum atomic E-state index is 5.58. The van der Waals surface area contributed by atoms with Gasteiger partial charge in [0, 0.05) is 20.2 Å². The Morgan fingerprint density at radius 1 is 1.53 bits per heavy atom. The third-order valence-corrected chi connectivity index (χ3v) is 3.36. The summed E-state index contributed by atoms with van der Waals surface area (Å²) in [6, 6.07) is 5.81. The molecule has 5 heteroatoms. The Morgan fingerprint density at radius 2 is 2.35 bits per heavy atom. The van der Waals surface area contributed by atoms with Crippen LogP contribution in [0, 0.1) is 0 Å². The molecule has 0 radical (unpaired) electrons. The van der Waals surface area contributed by atoms with Gasteiger partial charge in [-0.05, 0) is 31.9 Å². The summed E-state index contributed by atoms with van der Waals surface area (Å²) < 4.78 is 5.58. The summed E-state index contributed by atoms with van der Waals surface area (Å²) in [5, 5.41) is 0. The van der Waals surface area contributed by atoms with E-state index in [1.807, 2.05) is 18.2 Å². The number of rotatable bonds is 3. The van der Waals surface area contributed by atoms with Crippen molar-refractivity contribution in [3.8, 4) is 0 Å². The molecule has 0 saturated carbocycles. The van der Waals surface area contributed by atoms with E-state index in [-0.39, 0.29) is 5.60 Å². The SMILES string of the molecule is COC1(C)CCCN(c2cccc(NN)n2)C1. The van der Waals surface area contributed by atoms with Crippen LogP contribution in [0.2, 0.25) is 0 Å². The topological polar surface area (TPSA) is 63.4 Å². The molecule has 1 aliphatic heterocycles. The minimum absolute atomic E-state index is 0.0773. The van der Waals surface area contributed by atoms with Crippen molar-refractivity contribution in [3.05, 3.63) is 18.2 Å². The van der Waals surface area contributed by atoms with Gasteiger partial charge in [-0.2, -0.15) is 0 Å². The summed E-state index contributed by atoms with van der Waals surface area (Å²) in [6.45, 7) is 4.02. The van der Waals surface area contributed by atoms with E-state index in [0.717, 1.165) is 31.7 Å². The molecule has 1 aromatic rings. The Balaban J connectivity index is 2.16. The van der Waals surface area contributed by atoms with E-state index in [0.29, 0.717) is 5.82 Å². The van der Waals surface area contributed by atoms with Gasteiger partial charge in [0.2, 0.25) is 0 Å². The van der Waals surface area contributed by atoms with Crippen molar-refractivity contribution in [1.82, 2.24) is 4.98 Å². The number of anilines is 2. The number of nitrogens with one attached hydrogen (secondary N) is 1. The molecule has 1 aliphatic rings. The Labute approximate surface area is 102 Å². The van der Waals surface area contributed by atoms with E-state index >= 15 is 0 Å². The van der Waals surface area contributed by atoms with Gasteiger partial charge in [0.15, 0.2) is 0 Å². The summed E-state index contributed by atoms with van der Waals surface area (Å²) in [7, 11) is 1.77. The zero-order chi connectivity index (χ0) is 12.3. The van der Waals surface area contributed by atoms with Crippen molar-refractivity contribution >= 4 is 11.6 Å². The maximum Gasteiger partial charge on any atom is 0.142 e. The molecule has 1 fully saturated rings. The monoisotopic (exact) mass is 236 g/mol. The van der Waals surface area contributed by atoms with Gasteiger partial charge in [-0.1, -0.05) is 6.07 Å². The van der Waals surface area contributed by atoms with Gasteiger partial charge >= 0.3 is 0 Å². The quantitative estimate of drug-likeness (QED) is 0.613. The average molecular weight is 236 g/mol. The van der Waals surface area contributed by atoms with Crippen LogP contribution < -0.4 is 16.2 Å². The lowest BCUT2D eigenvalue weighted by Crippen LogP contribution is -2.47. The number of aromatic nitrogens is 1. The lowest BCUT2D eigenvalue weighted by atomic mass is 9.95. The molecule has 2 heterocycles. The number of hydrogen-bond acceptors (Lipinski definition) is 5. The standard InChI is InChI=1S/C12H20N4O/c1-12(17-2)7-4-8-16(9-12)11-6-3-5-10(14-11)15-13/h3,5-6H,4,7-9,13H2,1-2H3,(H,14,15). The molecular formula is C12H20N4O. The molecule has 3 N–H and O–H groups in total. The molecule has 1 aromatic heterocycles. The van der Waals surface area contributed by atoms with Gasteiger partial charge in [-0.3, -0.25) is 0 Å². The molecule has 0 amide bonds. The third-order valence-electron chi connectivity index (χ3n) is 3.36. The second-order valence-electron chi connectivity index (χ2n) is 4.70. The van der Waals surface area contributed by atoms with Gasteiger partial charge in [0.25, 0.3) is 0 Å². The smallest absolute Gasteiger partial charge is 0.142 e. The zero-order valence-corrected chi connectivity index (χ0v) is 10.4. The number of piperidine rings is 1. The van der Waals surface area contributed by atoms with Crippen molar-refractivity contribution in [3.63, 3.8) is 0 Å². The Bertz CT molecular complexity index is 385. The van der Waals surface area contributed by atoms with Gasteiger partial charge in [0.05, 0.1) is 5.60 Å². The highest BCUT2D eigenvalue weighted by Crippen LogP contribution is 2.27. The fraction of sp³-hybridized carbons (Fsp3) is 0.583. The van der Waals surface area contributed by atoms with E-state index < -0.39 is 0 Å². The highest BCUT2D eigenvalue weighted by molar-refractivity contribution is 5.47. The van der Waals surface area contributed by atoms with Gasteiger partial charge < -0.3 is 15.1 Å². The van der Waals surface area contributed by atoms with E-state index in [4.69, 9.17) is 10.6 Å². The molecular weight excluding hydrogens is 216 g/mol. The van der Waals surface area contributed by atoms with E-state index in [2.05, 4.69) is 22.2 Å². The Kier molecular flexibility index (Phi) is 3.49. The summed E-state index contributed by atoms with van der Waals surface area (Å²) in [5.74, 6) is 7.01. The fourth-order valence-electron chi connectivity index (χ4n) is 2.25. The number of pyridine rings is 1. The van der Waals surface area contributed by atoms with Crippen LogP contribution in [-0.2, 0) is 4.74 Å². The normalized spacial score (nSPS) is 24.8. The highest BCUT2D eigenvalue weighted by Gasteiger charge is 2.31. The molecule has 0 aromatic carbocycles. The van der Waals surface area contributed by atoms with Crippen LogP contribution in [0.15, 0.2) is 18.2 Å². The molecule has 1 atom stereocenters. The predicted octanol–water partition coefficient (Wildman–Crippen LogP) is 1.37. The summed E-state index contributed by atoms with van der Waals surface area (Å²) in [6.07, 6.45) is 2.21. The van der Waals surface area contributed by atoms with E-state index in [1.165, 1.54) is 0 Å². The maximum absolute atomic E-state index is 5.58. The number of hydrazine groups is 1. The van der Waals surface area contributed by atoms with Crippen molar-refractivity contribution in [2.75, 3.05) is 30.5 Å². The molecule has 94 valence electrons. The van der Waals surface area contributed by atoms with Gasteiger partial charge in [-0.25, -0.2) is 10.8 Å². The number of ether oxygens (including phenoxy) is 1. The Morgan fingerprint density at radius 3 is 3.06 bits per heavy atom. The molecule has 5 nitrogen and oxygen atoms in total. The Hall–Kier alpha value is -1.33. The number of methoxy groups -OCH3 is 1. The molecule has 1 unspecified atom stereocenters. The minimum Gasteiger partial charge on any atom is -0.377 e. The van der Waals surface area contributed by atoms with Crippen LogP contribution in [0.3, 0.4) is 0 Å². The van der Waals surface area contributed by atoms with Gasteiger partial charge in [0.1, 0.15) is 11.6 Å². The van der Waals surface area contributed by atoms with Crippen LogP contribution in [-0.4, -0.2) is 30.8 Å². The van der Waals surface area contributed by atoms with Crippen LogP contribution in [0.4, 0.5) is 11.6 Å². The van der Waals surface area contributed by atoms with Crippen LogP contribution in [0.1, 0.15) is 19.8 Å². The van der Waals surface area contributed by atoms with Crippen LogP contribution in [0.25, 0.3) is 0 Å². The highest BCUT2D eigenvalue weighted by atomic mass is 16.5. The summed E-state index contributed by atoms with van der Waals surface area (Å²) >= 11 is 0. The summed E-state index contributed by atoms with van der Waals surface area (Å²) in [5.41, 5.74) is 2.49. The van der Waals surface area contributed by atoms with Crippen molar-refractivity contribution in [2.45, 2.75) is 25.4 Å². The molecule has 0 aliphatic carbocycles. The van der Waals surface area contributed by atoms with Gasteiger partial charge in [-0.15, -0.1) is 0 Å². The molecule has 0 spiro atoms. The first-order valence-corrected chi connectivity index (χ1v) is 5.91. The number of nitrogens with two attached hydrogens (primary N) is 1. The lowest BCUT2D eigenvalue weighted by Gasteiger charge is -2.40. The predicted molar refractivity (Wildman–Crippen MR) is 68.9 cm³/mol. The third kappa shape index (κ3) is 2.68. The van der Waals surface area contributed by atoms with Crippen molar-refractivity contribution in [1.29, 1.82) is 0 Å². The lowest BCUT2D eigenvalue weighted by molar-refractivity contribution is -0.00480.